The number of nitrogens with one attached hydrogen (secondary N) is 1. The van der Waals surface area contributed by atoms with Gasteiger partial charge < -0.3 is 10.2 Å². The molecule has 0 radical (unpaired) electrons. The molecule has 1 saturated carbocycles. The van der Waals surface area contributed by atoms with Gasteiger partial charge >= 0.3 is 0 Å². The van der Waals surface area contributed by atoms with Crippen molar-refractivity contribution >= 4 is 46.8 Å². The van der Waals surface area contributed by atoms with Gasteiger partial charge in [0.2, 0.25) is 11.8 Å². The van der Waals surface area contributed by atoms with Gasteiger partial charge in [0.05, 0.1) is 5.75 Å². The topological polar surface area (TPSA) is 49.4 Å². The van der Waals surface area contributed by atoms with Crippen molar-refractivity contribution in [2.45, 2.75) is 56.5 Å². The molecule has 38 heavy (non-hydrogen) atoms. The van der Waals surface area contributed by atoms with Crippen molar-refractivity contribution in [3.63, 3.8) is 0 Å². The van der Waals surface area contributed by atoms with E-state index in [9.17, 15) is 14.0 Å². The van der Waals surface area contributed by atoms with Crippen molar-refractivity contribution in [1.29, 1.82) is 0 Å². The van der Waals surface area contributed by atoms with E-state index in [2.05, 4.69) is 5.32 Å². The average Bonchev–Trinajstić information content (AvgIpc) is 3.42. The molecular weight excluding hydrogens is 542 g/mol. The summed E-state index contributed by atoms with van der Waals surface area (Å²) in [4.78, 5) is 29.1. The van der Waals surface area contributed by atoms with Crippen LogP contribution in [-0.4, -0.2) is 34.6 Å². The number of carbonyl (C=O) groups excluding carboxylic acids is 2. The number of amides is 2. The van der Waals surface area contributed by atoms with E-state index in [1.807, 2.05) is 30.3 Å². The third-order valence-electron chi connectivity index (χ3n) is 6.80. The summed E-state index contributed by atoms with van der Waals surface area (Å²) >= 11 is 14.3. The first-order chi connectivity index (χ1) is 18.4. The van der Waals surface area contributed by atoms with Gasteiger partial charge in [-0.25, -0.2) is 4.39 Å². The van der Waals surface area contributed by atoms with Crippen molar-refractivity contribution in [2.24, 2.45) is 0 Å². The van der Waals surface area contributed by atoms with Gasteiger partial charge in [0.25, 0.3) is 0 Å². The van der Waals surface area contributed by atoms with Gasteiger partial charge in [-0.2, -0.15) is 0 Å². The summed E-state index contributed by atoms with van der Waals surface area (Å²) in [5.74, 6) is -0.291. The first-order valence-electron chi connectivity index (χ1n) is 12.8. The third kappa shape index (κ3) is 7.75. The van der Waals surface area contributed by atoms with Gasteiger partial charge in [0, 0.05) is 40.4 Å². The zero-order chi connectivity index (χ0) is 26.9. The molecule has 3 aromatic rings. The third-order valence-corrected chi connectivity index (χ3v) is 8.48. The highest BCUT2D eigenvalue weighted by atomic mass is 35.5. The molecule has 4 rings (SSSR count). The van der Waals surface area contributed by atoms with Crippen LogP contribution in [-0.2, 0) is 28.3 Å². The summed E-state index contributed by atoms with van der Waals surface area (Å²) in [5.41, 5.74) is 2.07. The van der Waals surface area contributed by atoms with Gasteiger partial charge in [0.15, 0.2) is 0 Å². The van der Waals surface area contributed by atoms with E-state index in [1.165, 1.54) is 17.8 Å². The van der Waals surface area contributed by atoms with E-state index in [4.69, 9.17) is 23.2 Å². The first-order valence-corrected chi connectivity index (χ1v) is 14.7. The minimum atomic E-state index is -0.757. The lowest BCUT2D eigenvalue weighted by molar-refractivity contribution is -0.139. The fraction of sp³-hybridized carbons (Fsp3) is 0.333. The van der Waals surface area contributed by atoms with E-state index in [1.54, 1.807) is 41.3 Å². The number of benzene rings is 3. The van der Waals surface area contributed by atoms with Crippen molar-refractivity contribution in [1.82, 2.24) is 10.2 Å². The summed E-state index contributed by atoms with van der Waals surface area (Å²) in [5, 5.41) is 4.05. The number of nitrogens with zero attached hydrogens (tertiary/aromatic N) is 1. The fourth-order valence-electron chi connectivity index (χ4n) is 4.72. The molecule has 0 heterocycles. The Bertz CT molecular complexity index is 1220. The Balaban J connectivity index is 1.61. The second-order valence-electron chi connectivity index (χ2n) is 9.50. The number of carbonyl (C=O) groups is 2. The second-order valence-corrected chi connectivity index (χ2v) is 11.3. The smallest absolute Gasteiger partial charge is 0.243 e. The Morgan fingerprint density at radius 1 is 0.947 bits per heavy atom. The Kier molecular flexibility index (Phi) is 10.5. The molecule has 0 bridgehead atoms. The lowest BCUT2D eigenvalue weighted by Crippen LogP contribution is -2.52. The van der Waals surface area contributed by atoms with Crippen molar-refractivity contribution in [3.05, 3.63) is 105 Å². The predicted molar refractivity (Wildman–Crippen MR) is 154 cm³/mol. The molecule has 3 aromatic carbocycles. The molecule has 1 aliphatic carbocycles. The molecule has 0 aliphatic heterocycles. The lowest BCUT2D eigenvalue weighted by Gasteiger charge is -2.33. The molecule has 4 nitrogen and oxygen atoms in total. The van der Waals surface area contributed by atoms with E-state index in [-0.39, 0.29) is 36.0 Å². The van der Waals surface area contributed by atoms with Crippen molar-refractivity contribution in [2.75, 3.05) is 5.75 Å². The predicted octanol–water partition coefficient (Wildman–Crippen LogP) is 7.06. The quantitative estimate of drug-likeness (QED) is 0.267. The molecule has 1 fully saturated rings. The van der Waals surface area contributed by atoms with E-state index in [0.717, 1.165) is 31.2 Å². The highest BCUT2D eigenvalue weighted by molar-refractivity contribution is 7.99. The molecule has 2 amide bonds. The number of halogens is 3. The van der Waals surface area contributed by atoms with Gasteiger partial charge in [-0.15, -0.1) is 11.8 Å². The van der Waals surface area contributed by atoms with Crippen molar-refractivity contribution < 1.29 is 14.0 Å². The van der Waals surface area contributed by atoms with E-state index < -0.39 is 6.04 Å². The molecule has 200 valence electrons. The normalized spacial score (nSPS) is 14.3. The van der Waals surface area contributed by atoms with Crippen LogP contribution in [0.5, 0.6) is 0 Å². The van der Waals surface area contributed by atoms with Crippen LogP contribution in [0.4, 0.5) is 4.39 Å². The standard InChI is InChI=1S/C30H31Cl2FN2O2S/c31-25-14-8-15-26(32)24(25)18-35(29(36)20-38-19-22-11-4-7-16-27(22)33)28(17-21-9-2-1-3-10-21)30(37)34-23-12-5-6-13-23/h1-4,7-11,14-16,23,28H,5-6,12-13,17-20H2,(H,34,37)/t28-/m1/s1. The van der Waals surface area contributed by atoms with Gasteiger partial charge in [-0.1, -0.05) is 90.6 Å². The molecule has 1 atom stereocenters. The monoisotopic (exact) mass is 572 g/mol. The molecule has 8 heteroatoms. The minimum Gasteiger partial charge on any atom is -0.352 e. The highest BCUT2D eigenvalue weighted by Crippen LogP contribution is 2.28. The number of rotatable bonds is 11. The zero-order valence-corrected chi connectivity index (χ0v) is 23.4. The minimum absolute atomic E-state index is 0.0818. The molecule has 0 unspecified atom stereocenters. The number of hydrogen-bond donors (Lipinski definition) is 1. The van der Waals surface area contributed by atoms with E-state index in [0.29, 0.717) is 33.3 Å². The maximum Gasteiger partial charge on any atom is 0.243 e. The van der Waals surface area contributed by atoms with Crippen LogP contribution in [0, 0.1) is 5.82 Å². The molecule has 0 aromatic heterocycles. The Labute approximate surface area is 237 Å². The molecule has 0 spiro atoms. The van der Waals surface area contributed by atoms with Crippen LogP contribution < -0.4 is 5.32 Å². The maximum atomic E-state index is 14.1. The van der Waals surface area contributed by atoms with Gasteiger partial charge in [0.1, 0.15) is 11.9 Å². The molecule has 0 saturated heterocycles. The average molecular weight is 574 g/mol. The second kappa shape index (κ2) is 14.0. The van der Waals surface area contributed by atoms with E-state index >= 15 is 0 Å². The van der Waals surface area contributed by atoms with Gasteiger partial charge in [-0.05, 0) is 42.2 Å². The first kappa shape index (κ1) is 28.5. The summed E-state index contributed by atoms with van der Waals surface area (Å²) in [6, 6.07) is 20.7. The van der Waals surface area contributed by atoms with Crippen LogP contribution in [0.25, 0.3) is 0 Å². The summed E-state index contributed by atoms with van der Waals surface area (Å²) in [6.07, 6.45) is 4.39. The highest BCUT2D eigenvalue weighted by Gasteiger charge is 2.32. The number of thioether (sulfide) groups is 1. The molecular formula is C30H31Cl2FN2O2S. The Hall–Kier alpha value is -2.54. The van der Waals surface area contributed by atoms with Crippen LogP contribution in [0.3, 0.4) is 0 Å². The Morgan fingerprint density at radius 3 is 2.29 bits per heavy atom. The van der Waals surface area contributed by atoms with Crippen LogP contribution in [0.1, 0.15) is 42.4 Å². The maximum absolute atomic E-state index is 14.1. The molecule has 1 aliphatic rings. The summed E-state index contributed by atoms with van der Waals surface area (Å²) < 4.78 is 14.1. The lowest BCUT2D eigenvalue weighted by atomic mass is 10.0. The fourth-order valence-corrected chi connectivity index (χ4v) is 6.14. The largest absolute Gasteiger partial charge is 0.352 e. The summed E-state index contributed by atoms with van der Waals surface area (Å²) in [7, 11) is 0. The van der Waals surface area contributed by atoms with Crippen molar-refractivity contribution in [3.8, 4) is 0 Å². The Morgan fingerprint density at radius 2 is 1.61 bits per heavy atom. The van der Waals surface area contributed by atoms with Crippen LogP contribution in [0.15, 0.2) is 72.8 Å². The van der Waals surface area contributed by atoms with Crippen LogP contribution >= 0.6 is 35.0 Å². The number of hydrogen-bond acceptors (Lipinski definition) is 3. The zero-order valence-electron chi connectivity index (χ0n) is 21.0. The molecule has 1 N–H and O–H groups in total. The van der Waals surface area contributed by atoms with Gasteiger partial charge in [-0.3, -0.25) is 9.59 Å². The summed E-state index contributed by atoms with van der Waals surface area (Å²) in [6.45, 7) is 0.0905. The SMILES string of the molecule is O=C(NC1CCCC1)[C@@H](Cc1ccccc1)N(Cc1c(Cl)cccc1Cl)C(=O)CSCc1ccccc1F. The van der Waals surface area contributed by atoms with Crippen LogP contribution in [0.2, 0.25) is 10.0 Å².